The second kappa shape index (κ2) is 6.22. The lowest BCUT2D eigenvalue weighted by Gasteiger charge is -2.33. The fourth-order valence-electron chi connectivity index (χ4n) is 2.65. The van der Waals surface area contributed by atoms with Crippen LogP contribution < -0.4 is 10.5 Å². The lowest BCUT2D eigenvalue weighted by molar-refractivity contribution is 0.0689. The van der Waals surface area contributed by atoms with Crippen LogP contribution in [0.4, 0.5) is 4.39 Å². The molecule has 2 N–H and O–H groups in total. The first kappa shape index (κ1) is 14.8. The third-order valence-electron chi connectivity index (χ3n) is 4.01. The van der Waals surface area contributed by atoms with Crippen molar-refractivity contribution in [3.05, 3.63) is 29.6 Å². The number of carbonyl (C=O) groups excluding carboxylic acids is 1. The number of methoxy groups -OCH3 is 1. The molecule has 1 aromatic carbocycles. The number of halogens is 1. The van der Waals surface area contributed by atoms with E-state index >= 15 is 0 Å². The highest BCUT2D eigenvalue weighted by Crippen LogP contribution is 2.24. The van der Waals surface area contributed by atoms with Crippen LogP contribution in [0.5, 0.6) is 5.75 Å². The van der Waals surface area contributed by atoms with Crippen molar-refractivity contribution in [1.29, 1.82) is 0 Å². The van der Waals surface area contributed by atoms with Gasteiger partial charge in [-0.15, -0.1) is 0 Å². The van der Waals surface area contributed by atoms with Crippen LogP contribution in [0.3, 0.4) is 0 Å². The zero-order chi connectivity index (χ0) is 14.7. The van der Waals surface area contributed by atoms with Crippen LogP contribution in [0.2, 0.25) is 0 Å². The second-order valence-electron chi connectivity index (χ2n) is 5.33. The number of nitrogens with two attached hydrogens (primary N) is 1. The number of ether oxygens (including phenoxy) is 1. The van der Waals surface area contributed by atoms with Crippen molar-refractivity contribution in [3.63, 3.8) is 0 Å². The molecule has 1 saturated carbocycles. The standard InChI is InChI=1S/C15H21FN2O2/c1-18(12-6-4-11(17)5-7-12)15(19)10-3-8-13(16)14(9-10)20-2/h3,8-9,11-12H,4-7,17H2,1-2H3. The van der Waals surface area contributed by atoms with E-state index in [9.17, 15) is 9.18 Å². The molecule has 0 radical (unpaired) electrons. The van der Waals surface area contributed by atoms with Gasteiger partial charge in [0, 0.05) is 24.7 Å². The van der Waals surface area contributed by atoms with Crippen molar-refractivity contribution in [2.75, 3.05) is 14.2 Å². The molecule has 1 aliphatic carbocycles. The Labute approximate surface area is 118 Å². The summed E-state index contributed by atoms with van der Waals surface area (Å²) in [6, 6.07) is 4.66. The third-order valence-corrected chi connectivity index (χ3v) is 4.01. The van der Waals surface area contributed by atoms with E-state index in [0.717, 1.165) is 25.7 Å². The average molecular weight is 280 g/mol. The quantitative estimate of drug-likeness (QED) is 0.923. The second-order valence-corrected chi connectivity index (χ2v) is 5.33. The number of hydrogen-bond donors (Lipinski definition) is 1. The van der Waals surface area contributed by atoms with Crippen molar-refractivity contribution < 1.29 is 13.9 Å². The highest BCUT2D eigenvalue weighted by atomic mass is 19.1. The fourth-order valence-corrected chi connectivity index (χ4v) is 2.65. The molecule has 4 nitrogen and oxygen atoms in total. The smallest absolute Gasteiger partial charge is 0.253 e. The molecule has 2 rings (SSSR count). The lowest BCUT2D eigenvalue weighted by Crippen LogP contribution is -2.41. The van der Waals surface area contributed by atoms with Crippen molar-refractivity contribution in [2.24, 2.45) is 5.73 Å². The van der Waals surface area contributed by atoms with Gasteiger partial charge < -0.3 is 15.4 Å². The Morgan fingerprint density at radius 1 is 1.35 bits per heavy atom. The first-order valence-corrected chi connectivity index (χ1v) is 6.89. The van der Waals surface area contributed by atoms with Crippen LogP contribution in [0, 0.1) is 5.82 Å². The topological polar surface area (TPSA) is 55.6 Å². The Bertz CT molecular complexity index is 485. The van der Waals surface area contributed by atoms with E-state index in [1.807, 2.05) is 0 Å². The van der Waals surface area contributed by atoms with Crippen LogP contribution in [0.15, 0.2) is 18.2 Å². The van der Waals surface area contributed by atoms with E-state index in [4.69, 9.17) is 10.5 Å². The summed E-state index contributed by atoms with van der Waals surface area (Å²) in [4.78, 5) is 14.2. The molecule has 20 heavy (non-hydrogen) atoms. The Morgan fingerprint density at radius 2 is 2.00 bits per heavy atom. The molecule has 5 heteroatoms. The summed E-state index contributed by atoms with van der Waals surface area (Å²) in [5, 5.41) is 0. The highest BCUT2D eigenvalue weighted by Gasteiger charge is 2.26. The third kappa shape index (κ3) is 3.10. The van der Waals surface area contributed by atoms with Crippen LogP contribution >= 0.6 is 0 Å². The molecule has 1 aliphatic rings. The van der Waals surface area contributed by atoms with Crippen molar-refractivity contribution in [1.82, 2.24) is 4.90 Å². The summed E-state index contributed by atoms with van der Waals surface area (Å²) in [6.07, 6.45) is 3.72. The summed E-state index contributed by atoms with van der Waals surface area (Å²) in [6.45, 7) is 0. The monoisotopic (exact) mass is 280 g/mol. The molecule has 0 spiro atoms. The molecule has 0 heterocycles. The molecular weight excluding hydrogens is 259 g/mol. The molecule has 0 bridgehead atoms. The summed E-state index contributed by atoms with van der Waals surface area (Å²) < 4.78 is 18.3. The maximum atomic E-state index is 13.4. The van der Waals surface area contributed by atoms with E-state index in [1.165, 1.54) is 25.3 Å². The zero-order valence-corrected chi connectivity index (χ0v) is 11.9. The van der Waals surface area contributed by atoms with E-state index in [0.29, 0.717) is 5.56 Å². The molecule has 1 aromatic rings. The molecule has 1 amide bonds. The van der Waals surface area contributed by atoms with E-state index in [1.54, 1.807) is 11.9 Å². The largest absolute Gasteiger partial charge is 0.494 e. The average Bonchev–Trinajstić information content (AvgIpc) is 2.47. The van der Waals surface area contributed by atoms with Crippen molar-refractivity contribution >= 4 is 5.91 Å². The van der Waals surface area contributed by atoms with Crippen LogP contribution in [-0.4, -0.2) is 37.0 Å². The van der Waals surface area contributed by atoms with Crippen molar-refractivity contribution in [2.45, 2.75) is 37.8 Å². The number of amides is 1. The minimum atomic E-state index is -0.463. The number of benzene rings is 1. The van der Waals surface area contributed by atoms with Gasteiger partial charge in [-0.1, -0.05) is 0 Å². The van der Waals surface area contributed by atoms with Gasteiger partial charge in [0.1, 0.15) is 0 Å². The fraction of sp³-hybridized carbons (Fsp3) is 0.533. The molecule has 0 atom stereocenters. The van der Waals surface area contributed by atoms with Gasteiger partial charge in [0.25, 0.3) is 5.91 Å². The van der Waals surface area contributed by atoms with Gasteiger partial charge >= 0.3 is 0 Å². The van der Waals surface area contributed by atoms with Gasteiger partial charge in [-0.25, -0.2) is 4.39 Å². The lowest BCUT2D eigenvalue weighted by atomic mass is 9.90. The van der Waals surface area contributed by atoms with Gasteiger partial charge in [0.2, 0.25) is 0 Å². The summed E-state index contributed by atoms with van der Waals surface area (Å²) >= 11 is 0. The van der Waals surface area contributed by atoms with E-state index in [-0.39, 0.29) is 23.7 Å². The Balaban J connectivity index is 2.10. The SMILES string of the molecule is COc1cc(C(=O)N(C)C2CCC(N)CC2)ccc1F. The minimum Gasteiger partial charge on any atom is -0.494 e. The Morgan fingerprint density at radius 3 is 2.60 bits per heavy atom. The van der Waals surface area contributed by atoms with Crippen molar-refractivity contribution in [3.8, 4) is 5.75 Å². The molecule has 0 aromatic heterocycles. The molecule has 0 unspecified atom stereocenters. The van der Waals surface area contributed by atoms with E-state index in [2.05, 4.69) is 0 Å². The zero-order valence-electron chi connectivity index (χ0n) is 11.9. The van der Waals surface area contributed by atoms with Gasteiger partial charge in [-0.2, -0.15) is 0 Å². The Hall–Kier alpha value is -1.62. The predicted molar refractivity (Wildman–Crippen MR) is 75.3 cm³/mol. The molecular formula is C15H21FN2O2. The maximum Gasteiger partial charge on any atom is 0.253 e. The molecule has 0 saturated heterocycles. The summed E-state index contributed by atoms with van der Waals surface area (Å²) in [5.74, 6) is -0.478. The number of hydrogen-bond acceptors (Lipinski definition) is 3. The molecule has 110 valence electrons. The van der Waals surface area contributed by atoms with Gasteiger partial charge in [0.15, 0.2) is 11.6 Å². The summed E-state index contributed by atoms with van der Waals surface area (Å²) in [7, 11) is 3.18. The summed E-state index contributed by atoms with van der Waals surface area (Å²) in [5.41, 5.74) is 6.32. The molecule has 1 fully saturated rings. The van der Waals surface area contributed by atoms with Crippen LogP contribution in [0.25, 0.3) is 0 Å². The molecule has 0 aliphatic heterocycles. The van der Waals surface area contributed by atoms with Crippen LogP contribution in [0.1, 0.15) is 36.0 Å². The maximum absolute atomic E-state index is 13.4. The van der Waals surface area contributed by atoms with Gasteiger partial charge in [0.05, 0.1) is 7.11 Å². The number of nitrogens with zero attached hydrogens (tertiary/aromatic N) is 1. The Kier molecular flexibility index (Phi) is 4.60. The number of carbonyl (C=O) groups is 1. The normalized spacial score (nSPS) is 22.4. The van der Waals surface area contributed by atoms with E-state index < -0.39 is 5.82 Å². The van der Waals surface area contributed by atoms with Crippen LogP contribution in [-0.2, 0) is 0 Å². The van der Waals surface area contributed by atoms with Gasteiger partial charge in [-0.05, 0) is 43.9 Å². The minimum absolute atomic E-state index is 0.0925. The predicted octanol–water partition coefficient (Wildman–Crippen LogP) is 2.18. The van der Waals surface area contributed by atoms with Gasteiger partial charge in [-0.3, -0.25) is 4.79 Å². The highest BCUT2D eigenvalue weighted by molar-refractivity contribution is 5.94. The number of rotatable bonds is 3. The first-order valence-electron chi connectivity index (χ1n) is 6.89. The first-order chi connectivity index (χ1) is 9.52.